The minimum atomic E-state index is -9.25. The fourth-order valence-corrected chi connectivity index (χ4v) is 2.24. The van der Waals surface area contributed by atoms with Gasteiger partial charge in [-0.25, -0.2) is 0 Å². The normalized spacial score (nSPS) is 18.0. The summed E-state index contributed by atoms with van der Waals surface area (Å²) in [6.07, 6.45) is -17.9. The zero-order valence-electron chi connectivity index (χ0n) is 17.1. The average Bonchev–Trinajstić information content (AvgIpc) is 2.70. The molecule has 0 radical (unpaired) electrons. The summed E-state index contributed by atoms with van der Waals surface area (Å²) in [5, 5.41) is 17.6. The Kier molecular flexibility index (Phi) is 9.11. The van der Waals surface area contributed by atoms with Crippen LogP contribution in [0.2, 0.25) is 0 Å². The Balaban J connectivity index is 6.97. The highest BCUT2D eigenvalue weighted by Gasteiger charge is 2.97. The third-order valence-electron chi connectivity index (χ3n) is 4.61. The first-order chi connectivity index (χ1) is 16.1. The lowest BCUT2D eigenvalue weighted by atomic mass is 9.85. The highest BCUT2D eigenvalue weighted by molar-refractivity contribution is 5.18. The van der Waals surface area contributed by atoms with Gasteiger partial charge in [0.1, 0.15) is 6.10 Å². The van der Waals surface area contributed by atoms with Crippen LogP contribution in [0.1, 0.15) is 6.42 Å². The van der Waals surface area contributed by atoms with Gasteiger partial charge in [-0.15, -0.1) is 0 Å². The van der Waals surface area contributed by atoms with Gasteiger partial charge in [-0.2, -0.15) is 92.2 Å². The van der Waals surface area contributed by atoms with Crippen LogP contribution in [0.15, 0.2) is 0 Å². The smallest absolute Gasteiger partial charge is 0.388 e. The van der Waals surface area contributed by atoms with Crippen molar-refractivity contribution in [3.63, 3.8) is 0 Å². The van der Waals surface area contributed by atoms with Crippen LogP contribution in [0.3, 0.4) is 0 Å². The molecule has 0 aliphatic rings. The molecule has 2 atom stereocenters. The van der Waals surface area contributed by atoms with E-state index in [0.717, 1.165) is 0 Å². The van der Waals surface area contributed by atoms with Gasteiger partial charge in [0.15, 0.2) is 6.29 Å². The van der Waals surface area contributed by atoms with E-state index < -0.39 is 78.3 Å². The molecule has 0 amide bonds. The van der Waals surface area contributed by atoms with Gasteiger partial charge in [0.25, 0.3) is 0 Å². The summed E-state index contributed by atoms with van der Waals surface area (Å²) in [6.45, 7) is 0. The molecule has 0 saturated carbocycles. The number of rotatable bonds is 12. The highest BCUT2D eigenvalue weighted by atomic mass is 19.4. The largest absolute Gasteiger partial charge is 0.460 e. The summed E-state index contributed by atoms with van der Waals surface area (Å²) in [5.74, 6) is -78.1. The van der Waals surface area contributed by atoms with Crippen molar-refractivity contribution < 1.29 is 107 Å². The predicted octanol–water partition coefficient (Wildman–Crippen LogP) is 5.98. The van der Waals surface area contributed by atoms with E-state index >= 15 is 0 Å². The van der Waals surface area contributed by atoms with E-state index in [4.69, 9.17) is 10.2 Å². The number of hydrogen-bond acceptors (Lipinski definition) is 3. The van der Waals surface area contributed by atoms with Crippen LogP contribution in [0.25, 0.3) is 0 Å². The van der Waals surface area contributed by atoms with Crippen molar-refractivity contribution in [3.8, 4) is 0 Å². The lowest BCUT2D eigenvalue weighted by Gasteiger charge is -2.44. The van der Waals surface area contributed by atoms with Gasteiger partial charge in [-0.05, 0) is 0 Å². The topological polar surface area (TPSA) is 49.7 Å². The molecule has 2 unspecified atom stereocenters. The van der Waals surface area contributed by atoms with Crippen molar-refractivity contribution >= 4 is 0 Å². The van der Waals surface area contributed by atoms with Crippen LogP contribution in [-0.2, 0) is 4.74 Å². The summed E-state index contributed by atoms with van der Waals surface area (Å²) in [4.78, 5) is 0. The molecule has 0 aromatic heterocycles. The van der Waals surface area contributed by atoms with Crippen molar-refractivity contribution in [1.82, 2.24) is 0 Å². The number of hydrogen-bond donors (Lipinski definition) is 2. The van der Waals surface area contributed by atoms with Gasteiger partial charge in [0, 0.05) is 13.5 Å². The molecule has 2 N–H and O–H groups in total. The number of methoxy groups -OCH3 is 1. The Bertz CT molecular complexity index is 832. The SMILES string of the molecule is COC(O)C(O)CC(F)(F)C(F)(F)C(F)(F)C(F)(F)C(F)(F)C(F)(F)C(F)(F)C(F)(F)C(F)(F)C(F)(F)F. The Hall–Kier alpha value is -1.59. The standard InChI is InChI=1S/C14H9F21O3/c1-38-4(37)3(36)2-5(15,16)6(17,18)7(19,20)8(21,22)9(23,24)10(25,26)11(27,28)12(29,30)13(31,32)14(33,34)35/h3-4,36-37H,2H2,1H3. The van der Waals surface area contributed by atoms with Crippen LogP contribution in [0, 0.1) is 0 Å². The molecule has 0 heterocycles. The average molecular weight is 624 g/mol. The molecule has 0 aliphatic heterocycles. The van der Waals surface area contributed by atoms with E-state index in [0.29, 0.717) is 7.11 Å². The third-order valence-corrected chi connectivity index (χ3v) is 4.61. The molecule has 38 heavy (non-hydrogen) atoms. The fourth-order valence-electron chi connectivity index (χ4n) is 2.24. The van der Waals surface area contributed by atoms with Gasteiger partial charge >= 0.3 is 59.5 Å². The second-order valence-corrected chi connectivity index (χ2v) is 7.20. The highest BCUT2D eigenvalue weighted by Crippen LogP contribution is 2.66. The molecule has 0 aromatic rings. The second kappa shape index (κ2) is 9.51. The van der Waals surface area contributed by atoms with E-state index in [1.54, 1.807) is 0 Å². The first-order valence-corrected chi connectivity index (χ1v) is 8.47. The number of aliphatic hydroxyl groups excluding tert-OH is 2. The van der Waals surface area contributed by atoms with Crippen LogP contribution < -0.4 is 0 Å². The van der Waals surface area contributed by atoms with Crippen LogP contribution >= 0.6 is 0 Å². The summed E-state index contributed by atoms with van der Waals surface area (Å²) >= 11 is 0. The number of halogens is 21. The first-order valence-electron chi connectivity index (χ1n) is 8.47. The van der Waals surface area contributed by atoms with Gasteiger partial charge in [0.05, 0.1) is 0 Å². The van der Waals surface area contributed by atoms with Gasteiger partial charge in [0.2, 0.25) is 0 Å². The molecule has 3 nitrogen and oxygen atoms in total. The first kappa shape index (κ1) is 36.4. The maximum Gasteiger partial charge on any atom is 0.460 e. The lowest BCUT2D eigenvalue weighted by molar-refractivity contribution is -0.474. The Morgan fingerprint density at radius 2 is 0.684 bits per heavy atom. The van der Waals surface area contributed by atoms with E-state index in [2.05, 4.69) is 4.74 Å². The van der Waals surface area contributed by atoms with Crippen LogP contribution in [0.4, 0.5) is 92.2 Å². The van der Waals surface area contributed by atoms with Gasteiger partial charge in [-0.1, -0.05) is 0 Å². The molecule has 0 aliphatic carbocycles. The molecule has 230 valence electrons. The van der Waals surface area contributed by atoms with E-state index in [9.17, 15) is 92.2 Å². The molecular formula is C14H9F21O3. The number of aliphatic hydroxyl groups is 2. The molecule has 0 saturated heterocycles. The van der Waals surface area contributed by atoms with Crippen molar-refractivity contribution in [3.05, 3.63) is 0 Å². The number of alkyl halides is 21. The second-order valence-electron chi connectivity index (χ2n) is 7.20. The van der Waals surface area contributed by atoms with Gasteiger partial charge < -0.3 is 14.9 Å². The maximum absolute atomic E-state index is 13.6. The molecular weight excluding hydrogens is 615 g/mol. The van der Waals surface area contributed by atoms with Crippen molar-refractivity contribution in [2.75, 3.05) is 7.11 Å². The minimum absolute atomic E-state index is 0.299. The minimum Gasteiger partial charge on any atom is -0.388 e. The zero-order chi connectivity index (χ0) is 31.6. The Labute approximate surface area is 194 Å². The summed E-state index contributed by atoms with van der Waals surface area (Å²) in [7, 11) is 0.299. The number of ether oxygens (including phenoxy) is 1. The van der Waals surface area contributed by atoms with E-state index in [1.807, 2.05) is 0 Å². The molecule has 24 heteroatoms. The van der Waals surface area contributed by atoms with E-state index in [1.165, 1.54) is 0 Å². The van der Waals surface area contributed by atoms with Crippen LogP contribution in [-0.4, -0.2) is 89.2 Å². The third kappa shape index (κ3) is 4.70. The monoisotopic (exact) mass is 624 g/mol. The Morgan fingerprint density at radius 1 is 0.447 bits per heavy atom. The van der Waals surface area contributed by atoms with Crippen molar-refractivity contribution in [2.24, 2.45) is 0 Å². The molecule has 0 spiro atoms. The maximum atomic E-state index is 13.6. The summed E-state index contributed by atoms with van der Waals surface area (Å²) < 4.78 is 280. The molecule has 0 fully saturated rings. The molecule has 0 bridgehead atoms. The lowest BCUT2D eigenvalue weighted by Crippen LogP contribution is -2.76. The summed E-state index contributed by atoms with van der Waals surface area (Å²) in [6, 6.07) is 0. The molecule has 0 rings (SSSR count). The predicted molar refractivity (Wildman–Crippen MR) is 74.2 cm³/mol. The molecule has 0 aromatic carbocycles. The Morgan fingerprint density at radius 3 is 0.921 bits per heavy atom. The fraction of sp³-hybridized carbons (Fsp3) is 1.00. The van der Waals surface area contributed by atoms with E-state index in [-0.39, 0.29) is 0 Å². The quantitative estimate of drug-likeness (QED) is 0.208. The van der Waals surface area contributed by atoms with Crippen molar-refractivity contribution in [2.45, 2.75) is 78.3 Å². The van der Waals surface area contributed by atoms with Crippen LogP contribution in [0.5, 0.6) is 0 Å². The zero-order valence-corrected chi connectivity index (χ0v) is 17.1. The van der Waals surface area contributed by atoms with Gasteiger partial charge in [-0.3, -0.25) is 0 Å². The van der Waals surface area contributed by atoms with Crippen molar-refractivity contribution in [1.29, 1.82) is 0 Å². The summed E-state index contributed by atoms with van der Waals surface area (Å²) in [5.41, 5.74) is 0.